The fourth-order valence-electron chi connectivity index (χ4n) is 1.55. The van der Waals surface area contributed by atoms with E-state index in [1.807, 2.05) is 6.92 Å². The number of rotatable bonds is 4. The van der Waals surface area contributed by atoms with Crippen molar-refractivity contribution in [3.05, 3.63) is 0 Å². The number of β-amino-alcohol motifs (C(OH)–C–C–N with tert-alkyl or cyclic N) is 1. The first-order valence-corrected chi connectivity index (χ1v) is 5.13. The van der Waals surface area contributed by atoms with E-state index < -0.39 is 5.60 Å². The highest BCUT2D eigenvalue weighted by atomic mass is 16.5. The second-order valence-electron chi connectivity index (χ2n) is 4.11. The molecule has 4 heteroatoms. The second-order valence-corrected chi connectivity index (χ2v) is 4.11. The summed E-state index contributed by atoms with van der Waals surface area (Å²) in [6, 6.07) is 0. The van der Waals surface area contributed by atoms with Crippen LogP contribution >= 0.6 is 0 Å². The molecule has 1 aliphatic rings. The van der Waals surface area contributed by atoms with Gasteiger partial charge >= 0.3 is 0 Å². The minimum Gasteiger partial charge on any atom is -0.388 e. The molecule has 14 heavy (non-hydrogen) atoms. The summed E-state index contributed by atoms with van der Waals surface area (Å²) in [6.45, 7) is 5.60. The van der Waals surface area contributed by atoms with Crippen molar-refractivity contribution >= 4 is 5.91 Å². The van der Waals surface area contributed by atoms with E-state index in [9.17, 15) is 9.90 Å². The Morgan fingerprint density at radius 2 is 2.36 bits per heavy atom. The number of carbonyl (C=O) groups is 1. The number of hydrogen-bond acceptors (Lipinski definition) is 3. The molecular weight excluding hydrogens is 182 g/mol. The summed E-state index contributed by atoms with van der Waals surface area (Å²) >= 11 is 0. The molecule has 0 radical (unpaired) electrons. The lowest BCUT2D eigenvalue weighted by atomic mass is 10.1. The Kier molecular flexibility index (Phi) is 3.89. The molecule has 82 valence electrons. The summed E-state index contributed by atoms with van der Waals surface area (Å²) in [4.78, 5) is 13.2. The zero-order valence-electron chi connectivity index (χ0n) is 8.95. The van der Waals surface area contributed by atoms with Gasteiger partial charge in [-0.25, -0.2) is 0 Å². The maximum atomic E-state index is 11.5. The highest BCUT2D eigenvalue weighted by Gasteiger charge is 2.33. The van der Waals surface area contributed by atoms with Gasteiger partial charge in [0.05, 0.1) is 5.60 Å². The van der Waals surface area contributed by atoms with Crippen LogP contribution < -0.4 is 0 Å². The van der Waals surface area contributed by atoms with Crippen molar-refractivity contribution in [1.29, 1.82) is 0 Å². The first-order valence-electron chi connectivity index (χ1n) is 5.13. The van der Waals surface area contributed by atoms with E-state index in [1.54, 1.807) is 11.8 Å². The lowest BCUT2D eigenvalue weighted by Gasteiger charge is -2.18. The molecule has 1 amide bonds. The van der Waals surface area contributed by atoms with Gasteiger partial charge in [-0.3, -0.25) is 4.79 Å². The van der Waals surface area contributed by atoms with Gasteiger partial charge in [0.2, 0.25) is 5.91 Å². The molecule has 1 heterocycles. The van der Waals surface area contributed by atoms with Crippen molar-refractivity contribution in [2.45, 2.75) is 32.3 Å². The zero-order chi connectivity index (χ0) is 10.6. The molecule has 0 aliphatic carbocycles. The van der Waals surface area contributed by atoms with Crippen molar-refractivity contribution in [3.63, 3.8) is 0 Å². The fraction of sp³-hybridized carbons (Fsp3) is 0.900. The second kappa shape index (κ2) is 4.75. The molecule has 0 bridgehead atoms. The van der Waals surface area contributed by atoms with Gasteiger partial charge in [0.1, 0.15) is 6.61 Å². The Bertz CT molecular complexity index is 204. The van der Waals surface area contributed by atoms with E-state index in [4.69, 9.17) is 4.74 Å². The summed E-state index contributed by atoms with van der Waals surface area (Å²) in [5.74, 6) is -0.0174. The molecular formula is C10H19NO3. The van der Waals surface area contributed by atoms with Crippen LogP contribution in [0.5, 0.6) is 0 Å². The minimum absolute atomic E-state index is 0.0174. The monoisotopic (exact) mass is 201 g/mol. The normalized spacial score (nSPS) is 26.9. The Morgan fingerprint density at radius 3 is 2.86 bits per heavy atom. The Hall–Kier alpha value is -0.610. The summed E-state index contributed by atoms with van der Waals surface area (Å²) in [5.41, 5.74) is -0.708. The van der Waals surface area contributed by atoms with Gasteiger partial charge in [-0.15, -0.1) is 0 Å². The van der Waals surface area contributed by atoms with E-state index in [2.05, 4.69) is 0 Å². The first-order chi connectivity index (χ1) is 6.55. The quantitative estimate of drug-likeness (QED) is 0.670. The van der Waals surface area contributed by atoms with Crippen LogP contribution in [0.25, 0.3) is 0 Å². The van der Waals surface area contributed by atoms with Crippen LogP contribution in [-0.4, -0.2) is 47.8 Å². The van der Waals surface area contributed by atoms with Crippen LogP contribution in [-0.2, 0) is 9.53 Å². The van der Waals surface area contributed by atoms with Crippen molar-refractivity contribution in [2.24, 2.45) is 0 Å². The van der Waals surface area contributed by atoms with E-state index in [0.29, 0.717) is 26.1 Å². The number of likely N-dealkylation sites (tertiary alicyclic amines) is 1. The highest BCUT2D eigenvalue weighted by molar-refractivity contribution is 5.77. The standard InChI is InChI=1S/C10H19NO3/c1-3-6-14-7-9(12)11-5-4-10(2,13)8-11/h13H,3-8H2,1-2H3. The maximum absolute atomic E-state index is 11.5. The topological polar surface area (TPSA) is 49.8 Å². The van der Waals surface area contributed by atoms with Gasteiger partial charge in [-0.2, -0.15) is 0 Å². The summed E-state index contributed by atoms with van der Waals surface area (Å²) in [6.07, 6.45) is 1.58. The van der Waals surface area contributed by atoms with Gasteiger partial charge in [0.25, 0.3) is 0 Å². The van der Waals surface area contributed by atoms with E-state index in [0.717, 1.165) is 6.42 Å². The van der Waals surface area contributed by atoms with Crippen LogP contribution in [0.4, 0.5) is 0 Å². The molecule has 0 saturated carbocycles. The molecule has 4 nitrogen and oxygen atoms in total. The number of carbonyl (C=O) groups excluding carboxylic acids is 1. The molecule has 1 aliphatic heterocycles. The van der Waals surface area contributed by atoms with E-state index >= 15 is 0 Å². The third-order valence-corrected chi connectivity index (χ3v) is 2.38. The predicted octanol–water partition coefficient (Wildman–Crippen LogP) is 0.396. The van der Waals surface area contributed by atoms with E-state index in [1.165, 1.54) is 0 Å². The van der Waals surface area contributed by atoms with Crippen molar-refractivity contribution in [2.75, 3.05) is 26.3 Å². The Morgan fingerprint density at radius 1 is 1.64 bits per heavy atom. The van der Waals surface area contributed by atoms with Crippen LogP contribution in [0.15, 0.2) is 0 Å². The van der Waals surface area contributed by atoms with Crippen LogP contribution in [0.3, 0.4) is 0 Å². The van der Waals surface area contributed by atoms with Gasteiger partial charge in [0.15, 0.2) is 0 Å². The van der Waals surface area contributed by atoms with Gasteiger partial charge < -0.3 is 14.7 Å². The molecule has 1 rings (SSSR count). The highest BCUT2D eigenvalue weighted by Crippen LogP contribution is 2.19. The Balaban J connectivity index is 2.25. The number of hydrogen-bond donors (Lipinski definition) is 1. The zero-order valence-corrected chi connectivity index (χ0v) is 8.95. The molecule has 0 aromatic carbocycles. The van der Waals surface area contributed by atoms with Gasteiger partial charge in [0, 0.05) is 19.7 Å². The molecule has 1 atom stereocenters. The van der Waals surface area contributed by atoms with E-state index in [-0.39, 0.29) is 12.5 Å². The minimum atomic E-state index is -0.708. The lowest BCUT2D eigenvalue weighted by Crippen LogP contribution is -2.36. The van der Waals surface area contributed by atoms with Crippen LogP contribution in [0.1, 0.15) is 26.7 Å². The third-order valence-electron chi connectivity index (χ3n) is 2.38. The molecule has 0 spiro atoms. The molecule has 0 aromatic heterocycles. The largest absolute Gasteiger partial charge is 0.388 e. The predicted molar refractivity (Wildman–Crippen MR) is 52.9 cm³/mol. The van der Waals surface area contributed by atoms with Crippen molar-refractivity contribution in [3.8, 4) is 0 Å². The maximum Gasteiger partial charge on any atom is 0.248 e. The number of aliphatic hydroxyl groups is 1. The summed E-state index contributed by atoms with van der Waals surface area (Å²) in [7, 11) is 0. The van der Waals surface area contributed by atoms with Crippen LogP contribution in [0.2, 0.25) is 0 Å². The van der Waals surface area contributed by atoms with Crippen LogP contribution in [0, 0.1) is 0 Å². The first kappa shape index (κ1) is 11.5. The number of nitrogens with zero attached hydrogens (tertiary/aromatic N) is 1. The summed E-state index contributed by atoms with van der Waals surface area (Å²) < 4.78 is 5.15. The molecule has 0 aromatic rings. The fourth-order valence-corrected chi connectivity index (χ4v) is 1.55. The average molecular weight is 201 g/mol. The molecule has 1 saturated heterocycles. The Labute approximate surface area is 84.8 Å². The molecule has 1 fully saturated rings. The number of ether oxygens (including phenoxy) is 1. The van der Waals surface area contributed by atoms with Crippen molar-refractivity contribution in [1.82, 2.24) is 4.90 Å². The smallest absolute Gasteiger partial charge is 0.248 e. The SMILES string of the molecule is CCCOCC(=O)N1CCC(C)(O)C1. The molecule has 1 unspecified atom stereocenters. The van der Waals surface area contributed by atoms with Gasteiger partial charge in [-0.1, -0.05) is 6.92 Å². The van der Waals surface area contributed by atoms with Gasteiger partial charge in [-0.05, 0) is 19.8 Å². The number of amides is 1. The molecule has 1 N–H and O–H groups in total. The average Bonchev–Trinajstić information content (AvgIpc) is 2.46. The summed E-state index contributed by atoms with van der Waals surface area (Å²) in [5, 5.41) is 9.65. The van der Waals surface area contributed by atoms with Crippen molar-refractivity contribution < 1.29 is 14.6 Å². The third kappa shape index (κ3) is 3.27. The lowest BCUT2D eigenvalue weighted by molar-refractivity contribution is -0.135.